The first kappa shape index (κ1) is 76.2. The van der Waals surface area contributed by atoms with Crippen LogP contribution >= 0.6 is 0 Å². The Hall–Kier alpha value is -5.75. The molecule has 0 saturated carbocycles. The van der Waals surface area contributed by atoms with E-state index in [2.05, 4.69) is 203 Å². The van der Waals surface area contributed by atoms with Gasteiger partial charge in [-0.1, -0.05) is 286 Å². The third-order valence-corrected chi connectivity index (χ3v) is 12.9. The van der Waals surface area contributed by atoms with E-state index in [4.69, 9.17) is 14.2 Å². The number of rotatable bonds is 56. The highest BCUT2D eigenvalue weighted by atomic mass is 16.6. The van der Waals surface area contributed by atoms with Crippen LogP contribution in [0.15, 0.2) is 194 Å². The third-order valence-electron chi connectivity index (χ3n) is 12.9. The minimum atomic E-state index is -0.847. The SMILES string of the molecule is CC/C=C\C/C=C\C/C=C\C/C=C\C/C=C\C/C=C\C/C=C\C/C=C\C/C=C\C/C=C\CCCCC(=O)OCC(COC(=O)CCCCCCCCCCCCCC)OC(=O)CC/C=C\C/C=C\C/C=C\C/C=C\C/C=C\C/C=C\CC. The predicted molar refractivity (Wildman–Crippen MR) is 357 cm³/mol. The summed E-state index contributed by atoms with van der Waals surface area (Å²) in [6.07, 6.45) is 103. The van der Waals surface area contributed by atoms with E-state index in [1.807, 2.05) is 12.2 Å². The standard InChI is InChI=1S/C76H116O6/c1-4-7-10-13-16-19-22-25-27-29-31-32-33-34-35-36-37-38-39-40-41-42-43-44-46-47-49-51-54-57-60-63-66-69-75(78)81-72-73(71-80-74(77)68-65-62-59-56-53-24-21-18-15-12-9-6-3)82-76(79)70-67-64-61-58-55-52-50-48-45-30-28-26-23-20-17-14-11-8-5-2/h7-8,10-11,16-17,19-20,25-28,31-32,34-35,37-38,40-41,43-45,47-49,52,54-55,57,61,64,73H,4-6,9,12-15,18,21-24,29-30,33,36,39,42,46,50-51,53,56,58-60,62-63,65-72H2,1-3H3/b10-7-,11-8-,19-16-,20-17-,27-25-,28-26-,32-31-,35-34-,38-37-,41-40-,44-43-,48-45-,49-47-,55-52-,57-54-,64-61-. The van der Waals surface area contributed by atoms with Crippen LogP contribution in [0.3, 0.4) is 0 Å². The molecule has 0 N–H and O–H groups in total. The molecule has 0 amide bonds. The summed E-state index contributed by atoms with van der Waals surface area (Å²) in [5.41, 5.74) is 0. The van der Waals surface area contributed by atoms with Crippen molar-refractivity contribution in [2.45, 2.75) is 252 Å². The lowest BCUT2D eigenvalue weighted by atomic mass is 10.0. The van der Waals surface area contributed by atoms with Gasteiger partial charge in [0.1, 0.15) is 13.2 Å². The van der Waals surface area contributed by atoms with Crippen LogP contribution in [0.25, 0.3) is 0 Å². The Morgan fingerprint density at radius 1 is 0.256 bits per heavy atom. The molecule has 1 atom stereocenters. The molecule has 0 radical (unpaired) electrons. The molecule has 0 fully saturated rings. The van der Waals surface area contributed by atoms with Gasteiger partial charge in [-0.05, 0) is 135 Å². The van der Waals surface area contributed by atoms with Crippen LogP contribution in [0.5, 0.6) is 0 Å². The molecule has 6 nitrogen and oxygen atoms in total. The average molecular weight is 1130 g/mol. The van der Waals surface area contributed by atoms with Gasteiger partial charge in [0, 0.05) is 19.3 Å². The number of esters is 3. The fraction of sp³-hybridized carbons (Fsp3) is 0.539. The summed E-state index contributed by atoms with van der Waals surface area (Å²) in [7, 11) is 0. The largest absolute Gasteiger partial charge is 0.462 e. The molecule has 0 bridgehead atoms. The van der Waals surface area contributed by atoms with Gasteiger partial charge in [-0.2, -0.15) is 0 Å². The van der Waals surface area contributed by atoms with Gasteiger partial charge in [-0.3, -0.25) is 14.4 Å². The number of hydrogen-bond acceptors (Lipinski definition) is 6. The minimum Gasteiger partial charge on any atom is -0.462 e. The van der Waals surface area contributed by atoms with Gasteiger partial charge in [0.05, 0.1) is 0 Å². The normalized spacial score (nSPS) is 13.5. The molecule has 0 rings (SSSR count). The Labute approximate surface area is 503 Å². The van der Waals surface area contributed by atoms with Crippen LogP contribution in [0.4, 0.5) is 0 Å². The Morgan fingerprint density at radius 2 is 0.500 bits per heavy atom. The zero-order valence-corrected chi connectivity index (χ0v) is 52.2. The maximum absolute atomic E-state index is 12.9. The van der Waals surface area contributed by atoms with Crippen LogP contribution in [0.1, 0.15) is 245 Å². The second-order valence-corrected chi connectivity index (χ2v) is 20.6. The zero-order chi connectivity index (χ0) is 59.2. The fourth-order valence-electron chi connectivity index (χ4n) is 8.08. The second-order valence-electron chi connectivity index (χ2n) is 20.6. The van der Waals surface area contributed by atoms with E-state index in [0.717, 1.165) is 135 Å². The Balaban J connectivity index is 4.49. The summed E-state index contributed by atoms with van der Waals surface area (Å²) in [5.74, 6) is -1.07. The Kier molecular flexibility index (Phi) is 63.0. The molecule has 0 aromatic heterocycles. The molecule has 0 heterocycles. The summed E-state index contributed by atoms with van der Waals surface area (Å²) >= 11 is 0. The summed E-state index contributed by atoms with van der Waals surface area (Å²) in [6, 6.07) is 0. The highest BCUT2D eigenvalue weighted by Crippen LogP contribution is 2.14. The van der Waals surface area contributed by atoms with Crippen LogP contribution in [0, 0.1) is 0 Å². The molecule has 0 spiro atoms. The molecule has 456 valence electrons. The van der Waals surface area contributed by atoms with E-state index in [0.29, 0.717) is 19.3 Å². The molecule has 1 unspecified atom stereocenters. The van der Waals surface area contributed by atoms with E-state index < -0.39 is 12.1 Å². The lowest BCUT2D eigenvalue weighted by Gasteiger charge is -2.18. The number of ether oxygens (including phenoxy) is 3. The monoisotopic (exact) mass is 1120 g/mol. The molecule has 0 aliphatic carbocycles. The van der Waals surface area contributed by atoms with Crippen molar-refractivity contribution in [3.05, 3.63) is 194 Å². The van der Waals surface area contributed by atoms with Crippen molar-refractivity contribution in [3.8, 4) is 0 Å². The van der Waals surface area contributed by atoms with Gasteiger partial charge in [-0.15, -0.1) is 0 Å². The van der Waals surface area contributed by atoms with Crippen molar-refractivity contribution in [2.24, 2.45) is 0 Å². The van der Waals surface area contributed by atoms with Crippen molar-refractivity contribution >= 4 is 17.9 Å². The van der Waals surface area contributed by atoms with Crippen molar-refractivity contribution in [2.75, 3.05) is 13.2 Å². The van der Waals surface area contributed by atoms with Crippen LogP contribution in [0.2, 0.25) is 0 Å². The lowest BCUT2D eigenvalue weighted by Crippen LogP contribution is -2.30. The first-order chi connectivity index (χ1) is 40.5. The van der Waals surface area contributed by atoms with E-state index in [1.165, 1.54) is 57.8 Å². The van der Waals surface area contributed by atoms with Crippen LogP contribution in [-0.2, 0) is 28.6 Å². The van der Waals surface area contributed by atoms with Gasteiger partial charge >= 0.3 is 17.9 Å². The average Bonchev–Trinajstić information content (AvgIpc) is 3.47. The summed E-state index contributed by atoms with van der Waals surface area (Å²) in [4.78, 5) is 38.2. The van der Waals surface area contributed by atoms with E-state index in [9.17, 15) is 14.4 Å². The smallest absolute Gasteiger partial charge is 0.306 e. The van der Waals surface area contributed by atoms with E-state index in [-0.39, 0.29) is 38.0 Å². The van der Waals surface area contributed by atoms with Crippen molar-refractivity contribution in [1.29, 1.82) is 0 Å². The van der Waals surface area contributed by atoms with E-state index >= 15 is 0 Å². The van der Waals surface area contributed by atoms with Crippen molar-refractivity contribution in [3.63, 3.8) is 0 Å². The van der Waals surface area contributed by atoms with Crippen LogP contribution < -0.4 is 0 Å². The molecule has 0 saturated heterocycles. The third kappa shape index (κ3) is 65.1. The predicted octanol–water partition coefficient (Wildman–Crippen LogP) is 22.6. The summed E-state index contributed by atoms with van der Waals surface area (Å²) < 4.78 is 16.8. The quantitative estimate of drug-likeness (QED) is 0.0261. The molecular weight excluding hydrogens is 1010 g/mol. The molecule has 0 aliphatic heterocycles. The summed E-state index contributed by atoms with van der Waals surface area (Å²) in [5, 5.41) is 0. The van der Waals surface area contributed by atoms with Gasteiger partial charge in [-0.25, -0.2) is 0 Å². The van der Waals surface area contributed by atoms with Gasteiger partial charge in [0.15, 0.2) is 6.10 Å². The number of hydrogen-bond donors (Lipinski definition) is 0. The van der Waals surface area contributed by atoms with Crippen molar-refractivity contribution in [1.82, 2.24) is 0 Å². The highest BCUT2D eigenvalue weighted by Gasteiger charge is 2.19. The molecule has 6 heteroatoms. The molecule has 0 aromatic carbocycles. The second kappa shape index (κ2) is 67.8. The van der Waals surface area contributed by atoms with Crippen molar-refractivity contribution < 1.29 is 28.6 Å². The van der Waals surface area contributed by atoms with Gasteiger partial charge in [0.2, 0.25) is 0 Å². The highest BCUT2D eigenvalue weighted by molar-refractivity contribution is 5.71. The minimum absolute atomic E-state index is 0.130. The fourth-order valence-corrected chi connectivity index (χ4v) is 8.08. The molecule has 82 heavy (non-hydrogen) atoms. The Morgan fingerprint density at radius 3 is 0.793 bits per heavy atom. The maximum atomic E-state index is 12.9. The summed E-state index contributed by atoms with van der Waals surface area (Å²) in [6.45, 7) is 6.29. The molecule has 0 aromatic rings. The topological polar surface area (TPSA) is 78.9 Å². The van der Waals surface area contributed by atoms with E-state index in [1.54, 1.807) is 0 Å². The molecule has 0 aliphatic rings. The first-order valence-corrected chi connectivity index (χ1v) is 32.4. The lowest BCUT2D eigenvalue weighted by molar-refractivity contribution is -0.166. The Bertz CT molecular complexity index is 1970. The molecular formula is C76H116O6. The number of carbonyl (C=O) groups excluding carboxylic acids is 3. The number of unbranched alkanes of at least 4 members (excludes halogenated alkanes) is 13. The van der Waals surface area contributed by atoms with Gasteiger partial charge < -0.3 is 14.2 Å². The zero-order valence-electron chi connectivity index (χ0n) is 52.2. The maximum Gasteiger partial charge on any atom is 0.306 e. The number of carbonyl (C=O) groups is 3. The number of allylic oxidation sites excluding steroid dienone is 32. The first-order valence-electron chi connectivity index (χ1n) is 32.4. The van der Waals surface area contributed by atoms with Gasteiger partial charge in [0.25, 0.3) is 0 Å². The van der Waals surface area contributed by atoms with Crippen LogP contribution in [-0.4, -0.2) is 37.2 Å².